The summed E-state index contributed by atoms with van der Waals surface area (Å²) in [7, 11) is 0. The molecule has 1 aliphatic heterocycles. The maximum Gasteiger partial charge on any atom is 0.223 e. The van der Waals surface area contributed by atoms with Gasteiger partial charge in [0.25, 0.3) is 0 Å². The summed E-state index contributed by atoms with van der Waals surface area (Å²) in [4.78, 5) is 14.9. The van der Waals surface area contributed by atoms with E-state index in [-0.39, 0.29) is 5.91 Å². The van der Waals surface area contributed by atoms with Gasteiger partial charge in [-0.05, 0) is 30.4 Å². The number of rotatable bonds is 4. The summed E-state index contributed by atoms with van der Waals surface area (Å²) >= 11 is 11.9. The van der Waals surface area contributed by atoms with Crippen molar-refractivity contribution >= 4 is 41.9 Å². The summed E-state index contributed by atoms with van der Waals surface area (Å²) in [5.41, 5.74) is 0. The van der Waals surface area contributed by atoms with Gasteiger partial charge >= 0.3 is 0 Å². The summed E-state index contributed by atoms with van der Waals surface area (Å²) in [5.74, 6) is 0.848. The molecule has 1 heterocycles. The number of thioether (sulfide) groups is 1. The third-order valence-electron chi connectivity index (χ3n) is 2.92. The van der Waals surface area contributed by atoms with Crippen LogP contribution in [-0.4, -0.2) is 34.9 Å². The number of benzene rings is 1. The number of likely N-dealkylation sites (tertiary alicyclic amines) is 1. The van der Waals surface area contributed by atoms with Crippen LogP contribution >= 0.6 is 36.0 Å². The second-order valence-electron chi connectivity index (χ2n) is 4.30. The first-order valence-corrected chi connectivity index (χ1v) is 7.89. The highest BCUT2D eigenvalue weighted by atomic mass is 35.5. The molecule has 1 unspecified atom stereocenters. The number of hydrogen-bond acceptors (Lipinski definition) is 3. The second kappa shape index (κ2) is 6.73. The Kier molecular flexibility index (Phi) is 5.27. The fraction of sp³-hybridized carbons (Fsp3) is 0.462. The number of thiol groups is 1. The molecule has 5 heteroatoms. The van der Waals surface area contributed by atoms with Gasteiger partial charge in [-0.3, -0.25) is 4.79 Å². The first kappa shape index (κ1) is 14.1. The van der Waals surface area contributed by atoms with Gasteiger partial charge < -0.3 is 4.90 Å². The van der Waals surface area contributed by atoms with Crippen LogP contribution in [0.1, 0.15) is 12.8 Å². The first-order chi connectivity index (χ1) is 8.69. The molecule has 0 bridgehead atoms. The Hall–Kier alpha value is -0.320. The SMILES string of the molecule is O=C(CCS)N1CCC(Sc2cccc(Cl)c2)C1. The van der Waals surface area contributed by atoms with Gasteiger partial charge in [-0.25, -0.2) is 0 Å². The van der Waals surface area contributed by atoms with Crippen molar-refractivity contribution in [1.29, 1.82) is 0 Å². The fourth-order valence-electron chi connectivity index (χ4n) is 2.04. The lowest BCUT2D eigenvalue weighted by molar-refractivity contribution is -0.129. The highest BCUT2D eigenvalue weighted by molar-refractivity contribution is 8.00. The van der Waals surface area contributed by atoms with Crippen molar-refractivity contribution in [3.05, 3.63) is 29.3 Å². The van der Waals surface area contributed by atoms with Crippen molar-refractivity contribution in [3.8, 4) is 0 Å². The highest BCUT2D eigenvalue weighted by Gasteiger charge is 2.26. The predicted octanol–water partition coefficient (Wildman–Crippen LogP) is 3.35. The van der Waals surface area contributed by atoms with Gasteiger partial charge in [-0.1, -0.05) is 17.7 Å². The summed E-state index contributed by atoms with van der Waals surface area (Å²) < 4.78 is 0. The number of amides is 1. The largest absolute Gasteiger partial charge is 0.342 e. The second-order valence-corrected chi connectivity index (χ2v) is 6.56. The quantitative estimate of drug-likeness (QED) is 0.861. The van der Waals surface area contributed by atoms with Gasteiger partial charge in [-0.15, -0.1) is 11.8 Å². The molecule has 0 saturated carbocycles. The molecule has 1 atom stereocenters. The number of carbonyl (C=O) groups excluding carboxylic acids is 1. The van der Waals surface area contributed by atoms with Crippen LogP contribution in [0.3, 0.4) is 0 Å². The maximum absolute atomic E-state index is 11.7. The van der Waals surface area contributed by atoms with E-state index in [0.29, 0.717) is 17.4 Å². The van der Waals surface area contributed by atoms with Gasteiger partial charge in [0.2, 0.25) is 5.91 Å². The Balaban J connectivity index is 1.88. The average Bonchev–Trinajstić information content (AvgIpc) is 2.78. The van der Waals surface area contributed by atoms with Crippen LogP contribution in [0.15, 0.2) is 29.2 Å². The minimum Gasteiger partial charge on any atom is -0.342 e. The van der Waals surface area contributed by atoms with Crippen molar-refractivity contribution in [2.75, 3.05) is 18.8 Å². The van der Waals surface area contributed by atoms with Crippen molar-refractivity contribution in [1.82, 2.24) is 4.90 Å². The molecule has 1 aromatic rings. The molecule has 1 aliphatic rings. The molecule has 0 N–H and O–H groups in total. The van der Waals surface area contributed by atoms with E-state index < -0.39 is 0 Å². The lowest BCUT2D eigenvalue weighted by Crippen LogP contribution is -2.29. The van der Waals surface area contributed by atoms with Crippen LogP contribution in [0.5, 0.6) is 0 Å². The Morgan fingerprint density at radius 3 is 3.11 bits per heavy atom. The molecule has 0 radical (unpaired) electrons. The smallest absolute Gasteiger partial charge is 0.223 e. The van der Waals surface area contributed by atoms with Crippen molar-refractivity contribution < 1.29 is 4.79 Å². The molecule has 98 valence electrons. The van der Waals surface area contributed by atoms with Crippen LogP contribution in [0.25, 0.3) is 0 Å². The minimum atomic E-state index is 0.221. The maximum atomic E-state index is 11.7. The van der Waals surface area contributed by atoms with Crippen LogP contribution in [0.2, 0.25) is 5.02 Å². The van der Waals surface area contributed by atoms with Gasteiger partial charge in [0.15, 0.2) is 0 Å². The minimum absolute atomic E-state index is 0.221. The molecular weight excluding hydrogens is 286 g/mol. The standard InChI is InChI=1S/C13H16ClNOS2/c14-10-2-1-3-11(8-10)18-12-4-6-15(9-12)13(16)5-7-17/h1-3,8,12,17H,4-7,9H2. The van der Waals surface area contributed by atoms with E-state index in [9.17, 15) is 4.79 Å². The molecule has 2 rings (SSSR count). The van der Waals surface area contributed by atoms with Crippen LogP contribution in [0, 0.1) is 0 Å². The van der Waals surface area contributed by atoms with Gasteiger partial charge in [0, 0.05) is 34.7 Å². The summed E-state index contributed by atoms with van der Waals surface area (Å²) in [6.07, 6.45) is 1.59. The highest BCUT2D eigenvalue weighted by Crippen LogP contribution is 2.31. The molecule has 2 nitrogen and oxygen atoms in total. The van der Waals surface area contributed by atoms with E-state index in [1.807, 2.05) is 34.9 Å². The normalized spacial score (nSPS) is 19.2. The van der Waals surface area contributed by atoms with E-state index in [2.05, 4.69) is 18.7 Å². The van der Waals surface area contributed by atoms with Gasteiger partial charge in [0.05, 0.1) is 0 Å². The first-order valence-electron chi connectivity index (χ1n) is 6.00. The van der Waals surface area contributed by atoms with E-state index in [1.165, 1.54) is 4.90 Å². The monoisotopic (exact) mass is 301 g/mol. The Morgan fingerprint density at radius 2 is 2.39 bits per heavy atom. The molecule has 0 aromatic heterocycles. The van der Waals surface area contributed by atoms with Crippen LogP contribution < -0.4 is 0 Å². The van der Waals surface area contributed by atoms with E-state index in [0.717, 1.165) is 24.5 Å². The average molecular weight is 302 g/mol. The molecule has 1 fully saturated rings. The fourth-order valence-corrected chi connectivity index (χ4v) is 3.70. The zero-order chi connectivity index (χ0) is 13.0. The van der Waals surface area contributed by atoms with Crippen molar-refractivity contribution in [2.45, 2.75) is 23.0 Å². The molecule has 18 heavy (non-hydrogen) atoms. The molecule has 1 aromatic carbocycles. The third-order valence-corrected chi connectivity index (χ3v) is 4.63. The topological polar surface area (TPSA) is 20.3 Å². The van der Waals surface area contributed by atoms with Crippen LogP contribution in [-0.2, 0) is 4.79 Å². The third kappa shape index (κ3) is 3.84. The zero-order valence-electron chi connectivity index (χ0n) is 10.0. The zero-order valence-corrected chi connectivity index (χ0v) is 12.5. The molecular formula is C13H16ClNOS2. The number of carbonyl (C=O) groups is 1. The number of halogens is 1. The van der Waals surface area contributed by atoms with Crippen LogP contribution in [0.4, 0.5) is 0 Å². The lowest BCUT2D eigenvalue weighted by atomic mass is 10.4. The molecule has 1 amide bonds. The van der Waals surface area contributed by atoms with Crippen molar-refractivity contribution in [3.63, 3.8) is 0 Å². The predicted molar refractivity (Wildman–Crippen MR) is 80.8 cm³/mol. The Bertz CT molecular complexity index is 427. The Labute approximate surface area is 122 Å². The molecule has 0 aliphatic carbocycles. The van der Waals surface area contributed by atoms with E-state index >= 15 is 0 Å². The van der Waals surface area contributed by atoms with Crippen molar-refractivity contribution in [2.24, 2.45) is 0 Å². The van der Waals surface area contributed by atoms with E-state index in [4.69, 9.17) is 11.6 Å². The lowest BCUT2D eigenvalue weighted by Gasteiger charge is -2.15. The number of hydrogen-bond donors (Lipinski definition) is 1. The number of nitrogens with zero attached hydrogens (tertiary/aromatic N) is 1. The van der Waals surface area contributed by atoms with E-state index in [1.54, 1.807) is 0 Å². The summed E-state index contributed by atoms with van der Waals surface area (Å²) in [6, 6.07) is 7.88. The van der Waals surface area contributed by atoms with Gasteiger partial charge in [-0.2, -0.15) is 12.6 Å². The molecule has 0 spiro atoms. The summed E-state index contributed by atoms with van der Waals surface area (Å²) in [6.45, 7) is 1.70. The Morgan fingerprint density at radius 1 is 1.56 bits per heavy atom. The molecule has 1 saturated heterocycles. The van der Waals surface area contributed by atoms with Gasteiger partial charge in [0.1, 0.15) is 0 Å². The summed E-state index contributed by atoms with van der Waals surface area (Å²) in [5, 5.41) is 1.24.